The van der Waals surface area contributed by atoms with Gasteiger partial charge in [0.25, 0.3) is 0 Å². The molecule has 0 bridgehead atoms. The van der Waals surface area contributed by atoms with Crippen molar-refractivity contribution in [2.24, 2.45) is 0 Å². The second kappa shape index (κ2) is 5.07. The van der Waals surface area contributed by atoms with Gasteiger partial charge in [0.2, 0.25) is 0 Å². The van der Waals surface area contributed by atoms with Crippen molar-refractivity contribution >= 4 is 10.9 Å². The van der Waals surface area contributed by atoms with Crippen LogP contribution in [0, 0.1) is 5.82 Å². The molecule has 0 fully saturated rings. The zero-order valence-corrected chi connectivity index (χ0v) is 11.5. The number of fused-ring (bicyclic) bond motifs is 1. The fourth-order valence-corrected chi connectivity index (χ4v) is 2.48. The molecule has 22 heavy (non-hydrogen) atoms. The van der Waals surface area contributed by atoms with E-state index in [0.29, 0.717) is 12.2 Å². The van der Waals surface area contributed by atoms with Crippen molar-refractivity contribution < 1.29 is 4.39 Å². The number of aromatic nitrogens is 5. The van der Waals surface area contributed by atoms with Gasteiger partial charge in [-0.05, 0) is 35.9 Å². The summed E-state index contributed by atoms with van der Waals surface area (Å²) in [5.74, 6) is 1.12. The number of aromatic amines is 2. The Hall–Kier alpha value is -3.02. The first-order valence-electron chi connectivity index (χ1n) is 6.87. The van der Waals surface area contributed by atoms with Gasteiger partial charge in [-0.3, -0.25) is 10.1 Å². The molecule has 1 aromatic carbocycles. The van der Waals surface area contributed by atoms with Crippen LogP contribution in [0.3, 0.4) is 0 Å². The van der Waals surface area contributed by atoms with Crippen LogP contribution in [0.5, 0.6) is 0 Å². The van der Waals surface area contributed by atoms with Gasteiger partial charge in [-0.15, -0.1) is 0 Å². The molecule has 3 heterocycles. The van der Waals surface area contributed by atoms with E-state index in [9.17, 15) is 4.39 Å². The predicted octanol–water partition coefficient (Wildman–Crippen LogP) is 3.08. The summed E-state index contributed by atoms with van der Waals surface area (Å²) in [4.78, 5) is 11.6. The summed E-state index contributed by atoms with van der Waals surface area (Å²) in [7, 11) is 0. The Labute approximate surface area is 125 Å². The zero-order valence-electron chi connectivity index (χ0n) is 11.5. The number of nitrogens with one attached hydrogen (secondary N) is 2. The van der Waals surface area contributed by atoms with Crippen molar-refractivity contribution in [3.63, 3.8) is 0 Å². The molecule has 108 valence electrons. The highest BCUT2D eigenvalue weighted by Gasteiger charge is 2.10. The standard InChI is InChI=1S/C16H12FN5/c17-12-3-4-13-11(9-19-14(13)7-12)6-15-20-16(22-21-15)10-2-1-5-18-8-10/h1-5,7-9,19H,6H2,(H,20,21,22). The maximum atomic E-state index is 13.2. The number of benzene rings is 1. The van der Waals surface area contributed by atoms with Gasteiger partial charge in [-0.1, -0.05) is 0 Å². The monoisotopic (exact) mass is 293 g/mol. The summed E-state index contributed by atoms with van der Waals surface area (Å²) >= 11 is 0. The van der Waals surface area contributed by atoms with Crippen molar-refractivity contribution in [3.8, 4) is 11.4 Å². The third-order valence-electron chi connectivity index (χ3n) is 3.54. The molecule has 0 saturated heterocycles. The molecule has 0 aliphatic rings. The Morgan fingerprint density at radius 3 is 3.00 bits per heavy atom. The van der Waals surface area contributed by atoms with Gasteiger partial charge in [0.15, 0.2) is 5.82 Å². The Morgan fingerprint density at radius 1 is 1.18 bits per heavy atom. The van der Waals surface area contributed by atoms with E-state index in [4.69, 9.17) is 0 Å². The summed E-state index contributed by atoms with van der Waals surface area (Å²) in [6, 6.07) is 8.48. The lowest BCUT2D eigenvalue weighted by molar-refractivity contribution is 0.629. The second-order valence-corrected chi connectivity index (χ2v) is 5.03. The fraction of sp³-hybridized carbons (Fsp3) is 0.0625. The number of halogens is 1. The summed E-state index contributed by atoms with van der Waals surface area (Å²) in [5, 5.41) is 8.14. The van der Waals surface area contributed by atoms with Gasteiger partial charge in [0, 0.05) is 41.5 Å². The van der Waals surface area contributed by atoms with Crippen LogP contribution in [0.1, 0.15) is 11.4 Å². The minimum atomic E-state index is -0.251. The highest BCUT2D eigenvalue weighted by Crippen LogP contribution is 2.21. The third kappa shape index (κ3) is 2.24. The molecule has 2 N–H and O–H groups in total. The maximum Gasteiger partial charge on any atom is 0.182 e. The van der Waals surface area contributed by atoms with Gasteiger partial charge >= 0.3 is 0 Å². The Kier molecular flexibility index (Phi) is 2.93. The topological polar surface area (TPSA) is 70.2 Å². The van der Waals surface area contributed by atoms with E-state index in [-0.39, 0.29) is 5.82 Å². The van der Waals surface area contributed by atoms with E-state index < -0.39 is 0 Å². The molecule has 5 nitrogen and oxygen atoms in total. The molecule has 0 radical (unpaired) electrons. The number of hydrogen-bond donors (Lipinski definition) is 2. The molecule has 4 rings (SSSR count). The van der Waals surface area contributed by atoms with Crippen molar-refractivity contribution in [3.05, 3.63) is 66.1 Å². The normalized spacial score (nSPS) is 11.1. The summed E-state index contributed by atoms with van der Waals surface area (Å²) < 4.78 is 13.2. The molecule has 0 unspecified atom stereocenters. The first-order valence-corrected chi connectivity index (χ1v) is 6.87. The van der Waals surface area contributed by atoms with Crippen molar-refractivity contribution in [2.45, 2.75) is 6.42 Å². The molecule has 0 atom stereocenters. The zero-order chi connectivity index (χ0) is 14.9. The molecule has 4 aromatic rings. The van der Waals surface area contributed by atoms with Gasteiger partial charge in [0.05, 0.1) is 0 Å². The Morgan fingerprint density at radius 2 is 2.14 bits per heavy atom. The summed E-state index contributed by atoms with van der Waals surface area (Å²) in [5.41, 5.74) is 2.69. The van der Waals surface area contributed by atoms with Crippen LogP contribution < -0.4 is 0 Å². The van der Waals surface area contributed by atoms with Crippen LogP contribution >= 0.6 is 0 Å². The fourth-order valence-electron chi connectivity index (χ4n) is 2.48. The lowest BCUT2D eigenvalue weighted by Crippen LogP contribution is -1.90. The lowest BCUT2D eigenvalue weighted by Gasteiger charge is -1.96. The van der Waals surface area contributed by atoms with E-state index in [1.807, 2.05) is 18.3 Å². The summed E-state index contributed by atoms with van der Waals surface area (Å²) in [6.07, 6.45) is 5.90. The quantitative estimate of drug-likeness (QED) is 0.610. The van der Waals surface area contributed by atoms with Gasteiger partial charge in [0.1, 0.15) is 11.6 Å². The molecule has 3 aromatic heterocycles. The number of hydrogen-bond acceptors (Lipinski definition) is 3. The molecule has 0 spiro atoms. The first kappa shape index (κ1) is 12.7. The smallest absolute Gasteiger partial charge is 0.182 e. The average molecular weight is 293 g/mol. The van der Waals surface area contributed by atoms with Gasteiger partial charge in [-0.2, -0.15) is 5.10 Å². The van der Waals surface area contributed by atoms with Gasteiger partial charge in [-0.25, -0.2) is 9.37 Å². The van der Waals surface area contributed by atoms with Gasteiger partial charge < -0.3 is 4.98 Å². The molecular formula is C16H12FN5. The van der Waals surface area contributed by atoms with E-state index in [1.54, 1.807) is 18.5 Å². The second-order valence-electron chi connectivity index (χ2n) is 5.03. The highest BCUT2D eigenvalue weighted by atomic mass is 19.1. The lowest BCUT2D eigenvalue weighted by atomic mass is 10.1. The summed E-state index contributed by atoms with van der Waals surface area (Å²) in [6.45, 7) is 0. The van der Waals surface area contributed by atoms with Crippen LogP contribution in [-0.2, 0) is 6.42 Å². The molecule has 6 heteroatoms. The van der Waals surface area contributed by atoms with Crippen molar-refractivity contribution in [2.75, 3.05) is 0 Å². The molecule has 0 aliphatic carbocycles. The highest BCUT2D eigenvalue weighted by molar-refractivity contribution is 5.83. The van der Waals surface area contributed by atoms with Crippen LogP contribution in [0.2, 0.25) is 0 Å². The number of pyridine rings is 1. The van der Waals surface area contributed by atoms with Crippen LogP contribution in [0.25, 0.3) is 22.3 Å². The van der Waals surface area contributed by atoms with E-state index in [1.165, 1.54) is 12.1 Å². The SMILES string of the molecule is Fc1ccc2c(Cc3nc(-c4cccnc4)n[nH]3)c[nH]c2c1. The third-order valence-corrected chi connectivity index (χ3v) is 3.54. The van der Waals surface area contributed by atoms with Crippen LogP contribution in [0.4, 0.5) is 4.39 Å². The molecular weight excluding hydrogens is 281 g/mol. The number of nitrogens with zero attached hydrogens (tertiary/aromatic N) is 3. The van der Waals surface area contributed by atoms with E-state index in [2.05, 4.69) is 25.1 Å². The molecule has 0 saturated carbocycles. The average Bonchev–Trinajstić information content (AvgIpc) is 3.16. The number of rotatable bonds is 3. The first-order chi connectivity index (χ1) is 10.8. The van der Waals surface area contributed by atoms with E-state index >= 15 is 0 Å². The maximum absolute atomic E-state index is 13.2. The van der Waals surface area contributed by atoms with Crippen LogP contribution in [-0.4, -0.2) is 25.1 Å². The van der Waals surface area contributed by atoms with Crippen molar-refractivity contribution in [1.82, 2.24) is 25.1 Å². The Balaban J connectivity index is 1.65. The largest absolute Gasteiger partial charge is 0.361 e. The Bertz CT molecular complexity index is 926. The van der Waals surface area contributed by atoms with E-state index in [0.717, 1.165) is 27.9 Å². The molecule has 0 aliphatic heterocycles. The van der Waals surface area contributed by atoms with Crippen LogP contribution in [0.15, 0.2) is 48.9 Å². The predicted molar refractivity (Wildman–Crippen MR) is 80.7 cm³/mol. The number of H-pyrrole nitrogens is 2. The molecule has 0 amide bonds. The minimum absolute atomic E-state index is 0.251. The van der Waals surface area contributed by atoms with Crippen molar-refractivity contribution in [1.29, 1.82) is 0 Å². The minimum Gasteiger partial charge on any atom is -0.361 e.